The number of fused-ring (bicyclic) bond motifs is 3. The number of aromatic amines is 1. The molecule has 1 nitrogen and oxygen atoms in total. The Bertz CT molecular complexity index is 463. The fourth-order valence-corrected chi connectivity index (χ4v) is 1.87. The summed E-state index contributed by atoms with van der Waals surface area (Å²) in [7, 11) is 0. The first-order chi connectivity index (χ1) is 5.95. The molecule has 12 heavy (non-hydrogen) atoms. The monoisotopic (exact) mass is 155 g/mol. The molecule has 1 aliphatic carbocycles. The lowest BCUT2D eigenvalue weighted by Gasteiger charge is -1.87. The normalized spacial score (nSPS) is 14.0. The summed E-state index contributed by atoms with van der Waals surface area (Å²) in [6.07, 6.45) is 5.46. The Morgan fingerprint density at radius 3 is 3.08 bits per heavy atom. The first-order valence-corrected chi connectivity index (χ1v) is 4.21. The Kier molecular flexibility index (Phi) is 1.01. The lowest BCUT2D eigenvalue weighted by molar-refractivity contribution is 1.19. The van der Waals surface area contributed by atoms with Crippen LogP contribution in [0, 0.1) is 0 Å². The molecule has 1 aliphatic rings. The van der Waals surface area contributed by atoms with Gasteiger partial charge in [0.15, 0.2) is 0 Å². The molecular formula is C11H9N. The molecule has 0 saturated carbocycles. The third-order valence-corrected chi connectivity index (χ3v) is 2.43. The largest absolute Gasteiger partial charge is 0.358 e. The molecule has 0 amide bonds. The second kappa shape index (κ2) is 2.01. The number of rotatable bonds is 0. The number of hydrogen-bond acceptors (Lipinski definition) is 0. The molecule has 1 heteroatoms. The zero-order chi connectivity index (χ0) is 7.97. The van der Waals surface area contributed by atoms with Crippen molar-refractivity contribution in [1.82, 2.24) is 4.98 Å². The smallest absolute Gasteiger partial charge is 0.0462 e. The number of aromatic nitrogens is 1. The van der Waals surface area contributed by atoms with Crippen molar-refractivity contribution in [3.63, 3.8) is 0 Å². The van der Waals surface area contributed by atoms with Crippen molar-refractivity contribution in [3.05, 3.63) is 41.6 Å². The molecule has 0 radical (unpaired) electrons. The van der Waals surface area contributed by atoms with Gasteiger partial charge in [0.25, 0.3) is 0 Å². The maximum atomic E-state index is 3.41. The fourth-order valence-electron chi connectivity index (χ4n) is 1.87. The van der Waals surface area contributed by atoms with Crippen LogP contribution in [0.15, 0.2) is 30.3 Å². The van der Waals surface area contributed by atoms with Crippen molar-refractivity contribution >= 4 is 17.0 Å². The van der Waals surface area contributed by atoms with Crippen molar-refractivity contribution in [2.24, 2.45) is 0 Å². The lowest BCUT2D eigenvalue weighted by Crippen LogP contribution is -1.75. The maximum absolute atomic E-state index is 3.41. The first kappa shape index (κ1) is 6.06. The van der Waals surface area contributed by atoms with Gasteiger partial charge in [0.05, 0.1) is 0 Å². The van der Waals surface area contributed by atoms with Crippen LogP contribution in [0.4, 0.5) is 0 Å². The van der Waals surface area contributed by atoms with Crippen molar-refractivity contribution in [2.45, 2.75) is 6.42 Å². The van der Waals surface area contributed by atoms with Crippen LogP contribution < -0.4 is 0 Å². The Balaban J connectivity index is 2.51. The molecule has 0 spiro atoms. The van der Waals surface area contributed by atoms with Crippen molar-refractivity contribution in [3.8, 4) is 0 Å². The Morgan fingerprint density at radius 2 is 2.08 bits per heavy atom. The van der Waals surface area contributed by atoms with E-state index < -0.39 is 0 Å². The fraction of sp³-hybridized carbons (Fsp3) is 0.0909. The van der Waals surface area contributed by atoms with Crippen molar-refractivity contribution in [1.29, 1.82) is 0 Å². The van der Waals surface area contributed by atoms with Crippen LogP contribution >= 0.6 is 0 Å². The summed E-state index contributed by atoms with van der Waals surface area (Å²) in [4.78, 5) is 3.41. The maximum Gasteiger partial charge on any atom is 0.0462 e. The van der Waals surface area contributed by atoms with Crippen LogP contribution in [-0.4, -0.2) is 4.98 Å². The molecule has 3 rings (SSSR count). The summed E-state index contributed by atoms with van der Waals surface area (Å²) < 4.78 is 0. The highest BCUT2D eigenvalue weighted by Gasteiger charge is 2.10. The second-order valence-corrected chi connectivity index (χ2v) is 3.17. The van der Waals surface area contributed by atoms with Gasteiger partial charge < -0.3 is 4.98 Å². The summed E-state index contributed by atoms with van der Waals surface area (Å²) >= 11 is 0. The minimum Gasteiger partial charge on any atom is -0.358 e. The van der Waals surface area contributed by atoms with E-state index in [0.717, 1.165) is 6.42 Å². The van der Waals surface area contributed by atoms with E-state index in [-0.39, 0.29) is 0 Å². The van der Waals surface area contributed by atoms with Crippen LogP contribution in [0.25, 0.3) is 17.0 Å². The van der Waals surface area contributed by atoms with Crippen molar-refractivity contribution in [2.75, 3.05) is 0 Å². The van der Waals surface area contributed by atoms with Crippen LogP contribution in [0.1, 0.15) is 11.3 Å². The van der Waals surface area contributed by atoms with Gasteiger partial charge in [-0.1, -0.05) is 30.4 Å². The van der Waals surface area contributed by atoms with Crippen LogP contribution in [0.3, 0.4) is 0 Å². The van der Waals surface area contributed by atoms with Gasteiger partial charge in [-0.2, -0.15) is 0 Å². The average Bonchev–Trinajstić information content (AvgIpc) is 2.62. The molecule has 2 aromatic rings. The van der Waals surface area contributed by atoms with Gasteiger partial charge in [-0.05, 0) is 6.07 Å². The minimum absolute atomic E-state index is 1.06. The number of benzene rings is 1. The third-order valence-electron chi connectivity index (χ3n) is 2.43. The predicted molar refractivity (Wildman–Crippen MR) is 51.0 cm³/mol. The number of allylic oxidation sites excluding steroid dienone is 1. The predicted octanol–water partition coefficient (Wildman–Crippen LogP) is 2.74. The number of hydrogen-bond donors (Lipinski definition) is 1. The van der Waals surface area contributed by atoms with E-state index in [4.69, 9.17) is 0 Å². The number of H-pyrrole nitrogens is 1. The molecule has 0 bridgehead atoms. The van der Waals surface area contributed by atoms with E-state index in [1.54, 1.807) is 0 Å². The first-order valence-electron chi connectivity index (χ1n) is 4.21. The minimum atomic E-state index is 1.06. The highest BCUT2D eigenvalue weighted by molar-refractivity contribution is 5.91. The Labute approximate surface area is 70.7 Å². The van der Waals surface area contributed by atoms with E-state index in [1.165, 1.54) is 22.2 Å². The van der Waals surface area contributed by atoms with E-state index >= 15 is 0 Å². The summed E-state index contributed by atoms with van der Waals surface area (Å²) in [6.45, 7) is 0. The molecule has 1 N–H and O–H groups in total. The molecule has 1 heterocycles. The van der Waals surface area contributed by atoms with Gasteiger partial charge in [-0.25, -0.2) is 0 Å². The third kappa shape index (κ3) is 0.632. The standard InChI is InChI=1S/C11H9N/c1-2-6-10-8(4-1)9-5-3-7-11(9)12-10/h1-6,12H,7H2. The highest BCUT2D eigenvalue weighted by Crippen LogP contribution is 2.27. The SMILES string of the molecule is C1=Cc2c([nH]c3ccccc23)C1. The van der Waals surface area contributed by atoms with Crippen molar-refractivity contribution < 1.29 is 0 Å². The molecule has 0 fully saturated rings. The molecule has 58 valence electrons. The molecule has 0 saturated heterocycles. The Hall–Kier alpha value is -1.50. The molecule has 1 aromatic carbocycles. The van der Waals surface area contributed by atoms with E-state index in [9.17, 15) is 0 Å². The molecule has 0 unspecified atom stereocenters. The van der Waals surface area contributed by atoms with E-state index in [1.807, 2.05) is 0 Å². The number of para-hydroxylation sites is 1. The van der Waals surface area contributed by atoms with Gasteiger partial charge in [0, 0.05) is 28.6 Å². The average molecular weight is 155 g/mol. The molecular weight excluding hydrogens is 146 g/mol. The van der Waals surface area contributed by atoms with Crippen LogP contribution in [0.5, 0.6) is 0 Å². The second-order valence-electron chi connectivity index (χ2n) is 3.17. The summed E-state index contributed by atoms with van der Waals surface area (Å²) in [5.74, 6) is 0. The van der Waals surface area contributed by atoms with E-state index in [0.29, 0.717) is 0 Å². The molecule has 1 aromatic heterocycles. The van der Waals surface area contributed by atoms with E-state index in [2.05, 4.69) is 41.4 Å². The van der Waals surface area contributed by atoms with Gasteiger partial charge in [0.2, 0.25) is 0 Å². The summed E-state index contributed by atoms with van der Waals surface area (Å²) in [6, 6.07) is 8.45. The van der Waals surface area contributed by atoms with Gasteiger partial charge >= 0.3 is 0 Å². The van der Waals surface area contributed by atoms with Gasteiger partial charge in [-0.3, -0.25) is 0 Å². The quantitative estimate of drug-likeness (QED) is 0.602. The van der Waals surface area contributed by atoms with Crippen LogP contribution in [-0.2, 0) is 6.42 Å². The Morgan fingerprint density at radius 1 is 1.17 bits per heavy atom. The molecule has 0 atom stereocenters. The molecule has 0 aliphatic heterocycles. The zero-order valence-electron chi connectivity index (χ0n) is 6.67. The highest BCUT2D eigenvalue weighted by atomic mass is 14.7. The summed E-state index contributed by atoms with van der Waals surface area (Å²) in [5, 5.41) is 1.35. The summed E-state index contributed by atoms with van der Waals surface area (Å²) in [5.41, 5.74) is 3.99. The van der Waals surface area contributed by atoms with Gasteiger partial charge in [0.1, 0.15) is 0 Å². The number of nitrogens with one attached hydrogen (secondary N) is 1. The lowest BCUT2D eigenvalue weighted by atomic mass is 10.2. The van der Waals surface area contributed by atoms with Gasteiger partial charge in [-0.15, -0.1) is 0 Å². The zero-order valence-corrected chi connectivity index (χ0v) is 6.67. The topological polar surface area (TPSA) is 15.8 Å². The van der Waals surface area contributed by atoms with Crippen LogP contribution in [0.2, 0.25) is 0 Å².